The molecule has 6 rings (SSSR count). The van der Waals surface area contributed by atoms with Gasteiger partial charge in [0.1, 0.15) is 11.9 Å². The van der Waals surface area contributed by atoms with E-state index in [1.165, 1.54) is 6.20 Å². The Hall–Kier alpha value is -4.59. The number of pyridine rings is 2. The Morgan fingerprint density at radius 1 is 1.16 bits per heavy atom. The first-order valence-corrected chi connectivity index (χ1v) is 14.1. The molecular weight excluding hydrogens is 574 g/mol. The number of carbonyl (C=O) groups excluding carboxylic acids is 2. The third-order valence-corrected chi connectivity index (χ3v) is 7.66. The number of carbonyl (C=O) groups is 2. The van der Waals surface area contributed by atoms with Gasteiger partial charge in [-0.15, -0.1) is 0 Å². The van der Waals surface area contributed by atoms with Crippen LogP contribution < -0.4 is 10.1 Å². The summed E-state index contributed by atoms with van der Waals surface area (Å²) in [5.74, 6) is -2.19. The first kappa shape index (κ1) is 29.5. The van der Waals surface area contributed by atoms with Crippen LogP contribution in [0.1, 0.15) is 29.3 Å². The molecule has 0 unspecified atom stereocenters. The summed E-state index contributed by atoms with van der Waals surface area (Å²) in [6.07, 6.45) is 2.35. The minimum atomic E-state index is -1.19. The van der Waals surface area contributed by atoms with Gasteiger partial charge in [-0.3, -0.25) is 14.4 Å². The van der Waals surface area contributed by atoms with Crippen molar-refractivity contribution in [2.24, 2.45) is 5.92 Å². The molecule has 2 aliphatic heterocycles. The molecule has 1 saturated heterocycles. The molecule has 4 aromatic rings. The quantitative estimate of drug-likeness (QED) is 0.268. The summed E-state index contributed by atoms with van der Waals surface area (Å²) in [5, 5.41) is 9.24. The van der Waals surface area contributed by atoms with Gasteiger partial charge in [-0.25, -0.2) is 19.0 Å². The lowest BCUT2D eigenvalue weighted by molar-refractivity contribution is -0.155. The molecule has 44 heavy (non-hydrogen) atoms. The lowest BCUT2D eigenvalue weighted by Crippen LogP contribution is -2.26. The summed E-state index contributed by atoms with van der Waals surface area (Å²) in [7, 11) is 1.57. The van der Waals surface area contributed by atoms with E-state index in [9.17, 15) is 18.4 Å². The Labute approximate surface area is 251 Å². The van der Waals surface area contributed by atoms with Crippen LogP contribution in [0.5, 0.6) is 5.75 Å². The Balaban J connectivity index is 1.29. The normalized spacial score (nSPS) is 18.1. The number of methoxy groups -OCH3 is 1. The van der Waals surface area contributed by atoms with E-state index in [2.05, 4.69) is 15.3 Å². The molecule has 0 spiro atoms. The van der Waals surface area contributed by atoms with Crippen molar-refractivity contribution in [2.75, 3.05) is 38.7 Å². The molecule has 5 heterocycles. The van der Waals surface area contributed by atoms with Crippen LogP contribution in [0.4, 0.5) is 14.6 Å². The van der Waals surface area contributed by atoms with Gasteiger partial charge in [-0.05, 0) is 36.8 Å². The lowest BCUT2D eigenvalue weighted by Gasteiger charge is -2.17. The van der Waals surface area contributed by atoms with Crippen molar-refractivity contribution in [3.8, 4) is 22.7 Å². The molecule has 13 heteroatoms. The van der Waals surface area contributed by atoms with Gasteiger partial charge in [0.25, 0.3) is 5.91 Å². The molecular formula is C31H30F2N6O5. The summed E-state index contributed by atoms with van der Waals surface area (Å²) in [4.78, 5) is 39.3. The second-order valence-corrected chi connectivity index (χ2v) is 10.7. The number of para-hydroxylation sites is 1. The van der Waals surface area contributed by atoms with Gasteiger partial charge in [0.2, 0.25) is 5.95 Å². The highest BCUT2D eigenvalue weighted by Crippen LogP contribution is 2.38. The fourth-order valence-corrected chi connectivity index (χ4v) is 5.52. The second kappa shape index (κ2) is 12.6. The van der Waals surface area contributed by atoms with E-state index < -0.39 is 17.9 Å². The Bertz CT molecular complexity index is 1700. The zero-order valence-corrected chi connectivity index (χ0v) is 24.1. The Morgan fingerprint density at radius 3 is 2.75 bits per heavy atom. The highest BCUT2D eigenvalue weighted by molar-refractivity contribution is 5.94. The number of nitrogens with one attached hydrogen (secondary N) is 1. The molecule has 2 atom stereocenters. The minimum Gasteiger partial charge on any atom is -0.480 e. The molecule has 1 amide bonds. The maximum absolute atomic E-state index is 14.1. The Morgan fingerprint density at radius 2 is 1.98 bits per heavy atom. The number of hydrogen-bond acceptors (Lipinski definition) is 9. The highest BCUT2D eigenvalue weighted by atomic mass is 19.2. The van der Waals surface area contributed by atoms with Crippen LogP contribution in [0, 0.1) is 24.6 Å². The molecule has 0 bridgehead atoms. The molecule has 1 aromatic carbocycles. The molecule has 1 fully saturated rings. The minimum absolute atomic E-state index is 0.0655. The predicted octanol–water partition coefficient (Wildman–Crippen LogP) is 4.00. The fourth-order valence-electron chi connectivity index (χ4n) is 5.52. The SMILES string of the molecule is COCCN1C[C@@H](CC(=O)Cc2c(C)c(-c3cnc4c(c3)OCC(=O)N4)nn2-c2ccccc2)[C@H](c2cnc(F)c(F)c2)O1. The van der Waals surface area contributed by atoms with Crippen LogP contribution in [-0.4, -0.2) is 69.9 Å². The average molecular weight is 605 g/mol. The number of fused-ring (bicyclic) bond motifs is 1. The topological polar surface area (TPSA) is 121 Å². The summed E-state index contributed by atoms with van der Waals surface area (Å²) in [5.41, 5.74) is 3.91. The fraction of sp³-hybridized carbons (Fsp3) is 0.323. The van der Waals surface area contributed by atoms with Crippen molar-refractivity contribution >= 4 is 17.5 Å². The van der Waals surface area contributed by atoms with E-state index in [4.69, 9.17) is 19.4 Å². The number of ether oxygens (including phenoxy) is 2. The van der Waals surface area contributed by atoms with Crippen LogP contribution >= 0.6 is 0 Å². The molecule has 11 nitrogen and oxygen atoms in total. The van der Waals surface area contributed by atoms with Crippen LogP contribution in [0.15, 0.2) is 54.9 Å². The van der Waals surface area contributed by atoms with Crippen molar-refractivity contribution in [1.82, 2.24) is 24.8 Å². The molecule has 0 saturated carbocycles. The predicted molar refractivity (Wildman–Crippen MR) is 154 cm³/mol. The van der Waals surface area contributed by atoms with Crippen LogP contribution in [0.3, 0.4) is 0 Å². The zero-order chi connectivity index (χ0) is 30.8. The summed E-state index contributed by atoms with van der Waals surface area (Å²) in [6.45, 7) is 3.03. The van der Waals surface area contributed by atoms with Gasteiger partial charge in [0, 0.05) is 62.5 Å². The average Bonchev–Trinajstić information content (AvgIpc) is 3.57. The van der Waals surface area contributed by atoms with Gasteiger partial charge >= 0.3 is 0 Å². The highest BCUT2D eigenvalue weighted by Gasteiger charge is 2.37. The lowest BCUT2D eigenvalue weighted by atomic mass is 9.91. The van der Waals surface area contributed by atoms with E-state index in [-0.39, 0.29) is 37.1 Å². The van der Waals surface area contributed by atoms with E-state index >= 15 is 0 Å². The molecule has 0 aliphatic carbocycles. The first-order chi connectivity index (χ1) is 21.3. The number of benzene rings is 1. The van der Waals surface area contributed by atoms with Crippen molar-refractivity contribution in [1.29, 1.82) is 0 Å². The number of rotatable bonds is 10. The standard InChI is InChI=1S/C31H30F2N6O5/c1-18-25(13-23(40)10-21-16-38(8-9-42-2)44-29(21)20-11-24(32)30(33)34-15-20)39(22-6-4-3-5-7-22)37-28(18)19-12-26-31(35-14-19)36-27(41)17-43-26/h3-7,11-12,14-15,21,29H,8-10,13,16-17H2,1-2H3,(H,35,36,41)/t21-,29+/m1/s1. The summed E-state index contributed by atoms with van der Waals surface area (Å²) < 4.78 is 40.1. The van der Waals surface area contributed by atoms with Crippen LogP contribution in [0.2, 0.25) is 0 Å². The monoisotopic (exact) mass is 604 g/mol. The molecule has 2 aliphatic rings. The van der Waals surface area contributed by atoms with Crippen molar-refractivity contribution < 1.29 is 32.7 Å². The van der Waals surface area contributed by atoms with E-state index in [0.29, 0.717) is 53.8 Å². The molecule has 0 radical (unpaired) electrons. The zero-order valence-electron chi connectivity index (χ0n) is 24.1. The van der Waals surface area contributed by atoms with Gasteiger partial charge in [-0.2, -0.15) is 14.6 Å². The van der Waals surface area contributed by atoms with Crippen molar-refractivity contribution in [3.63, 3.8) is 0 Å². The number of Topliss-reactive ketones (excluding diaryl/α,β-unsaturated/α-hetero) is 1. The molecule has 228 valence electrons. The Kier molecular flexibility index (Phi) is 8.42. The number of hydroxylamine groups is 2. The maximum atomic E-state index is 14.1. The number of halogens is 2. The van der Waals surface area contributed by atoms with Gasteiger partial charge in [-0.1, -0.05) is 18.2 Å². The number of nitrogens with zero attached hydrogens (tertiary/aromatic N) is 5. The smallest absolute Gasteiger partial charge is 0.263 e. The number of anilines is 1. The number of amides is 1. The van der Waals surface area contributed by atoms with E-state index in [1.54, 1.807) is 29.1 Å². The first-order valence-electron chi connectivity index (χ1n) is 14.1. The third kappa shape index (κ3) is 6.07. The largest absolute Gasteiger partial charge is 0.480 e. The number of aromatic nitrogens is 4. The van der Waals surface area contributed by atoms with Crippen LogP contribution in [0.25, 0.3) is 16.9 Å². The van der Waals surface area contributed by atoms with E-state index in [1.807, 2.05) is 37.3 Å². The van der Waals surface area contributed by atoms with Crippen LogP contribution in [-0.2, 0) is 25.6 Å². The summed E-state index contributed by atoms with van der Waals surface area (Å²) >= 11 is 0. The van der Waals surface area contributed by atoms with Crippen molar-refractivity contribution in [2.45, 2.75) is 25.9 Å². The van der Waals surface area contributed by atoms with Gasteiger partial charge < -0.3 is 14.8 Å². The molecule has 3 aromatic heterocycles. The number of ketones is 1. The third-order valence-electron chi connectivity index (χ3n) is 7.66. The number of hydrogen-bond donors (Lipinski definition) is 1. The van der Waals surface area contributed by atoms with Gasteiger partial charge in [0.15, 0.2) is 24.0 Å². The summed E-state index contributed by atoms with van der Waals surface area (Å²) in [6, 6.07) is 12.3. The van der Waals surface area contributed by atoms with Gasteiger partial charge in [0.05, 0.1) is 23.7 Å². The van der Waals surface area contributed by atoms with E-state index in [0.717, 1.165) is 17.3 Å². The van der Waals surface area contributed by atoms with Crippen molar-refractivity contribution in [3.05, 3.63) is 83.4 Å². The molecule has 1 N–H and O–H groups in total. The second-order valence-electron chi connectivity index (χ2n) is 10.7. The maximum Gasteiger partial charge on any atom is 0.263 e.